The summed E-state index contributed by atoms with van der Waals surface area (Å²) in [6, 6.07) is 0. The molecule has 1 aliphatic rings. The molecule has 1 fully saturated rings. The van der Waals surface area contributed by atoms with Crippen molar-refractivity contribution in [2.75, 3.05) is 13.1 Å². The predicted molar refractivity (Wildman–Crippen MR) is 62.4 cm³/mol. The van der Waals surface area contributed by atoms with Gasteiger partial charge in [0.2, 0.25) is 0 Å². The Morgan fingerprint density at radius 1 is 0.786 bits per heavy atom. The quantitative estimate of drug-likeness (QED) is 0.590. The molecule has 1 heterocycles. The van der Waals surface area contributed by atoms with Gasteiger partial charge in [-0.3, -0.25) is 9.80 Å². The molecule has 1 saturated heterocycles. The summed E-state index contributed by atoms with van der Waals surface area (Å²) in [6.45, 7) is 18.5. The van der Waals surface area contributed by atoms with Gasteiger partial charge in [0.15, 0.2) is 0 Å². The van der Waals surface area contributed by atoms with Crippen LogP contribution in [0.2, 0.25) is 0 Å². The third-order valence-electron chi connectivity index (χ3n) is 3.21. The molecule has 0 aromatic carbocycles. The predicted octanol–water partition coefficient (Wildman–Crippen LogP) is 2.55. The summed E-state index contributed by atoms with van der Waals surface area (Å²) >= 11 is 0. The van der Waals surface area contributed by atoms with Crippen molar-refractivity contribution in [3.05, 3.63) is 0 Å². The van der Waals surface area contributed by atoms with Gasteiger partial charge in [-0.15, -0.1) is 0 Å². The van der Waals surface area contributed by atoms with Gasteiger partial charge in [0.1, 0.15) is 0 Å². The summed E-state index contributed by atoms with van der Waals surface area (Å²) in [6.07, 6.45) is 0.565. The lowest BCUT2D eigenvalue weighted by atomic mass is 10.0. The SMILES string of the molecule is CC1N(C(C)(C)C)CCN1C(C)(C)C. The van der Waals surface area contributed by atoms with E-state index in [0.29, 0.717) is 17.2 Å². The van der Waals surface area contributed by atoms with Crippen LogP contribution in [-0.4, -0.2) is 40.1 Å². The summed E-state index contributed by atoms with van der Waals surface area (Å²) in [5.41, 5.74) is 0.582. The maximum atomic E-state index is 2.58. The van der Waals surface area contributed by atoms with E-state index in [9.17, 15) is 0 Å². The minimum absolute atomic E-state index is 0.291. The average molecular weight is 198 g/mol. The van der Waals surface area contributed by atoms with Crippen molar-refractivity contribution >= 4 is 0 Å². The van der Waals surface area contributed by atoms with Crippen molar-refractivity contribution in [3.8, 4) is 0 Å². The van der Waals surface area contributed by atoms with Crippen LogP contribution in [0.4, 0.5) is 0 Å². The van der Waals surface area contributed by atoms with E-state index in [2.05, 4.69) is 58.3 Å². The number of hydrogen-bond acceptors (Lipinski definition) is 2. The molecule has 1 rings (SSSR count). The van der Waals surface area contributed by atoms with Crippen molar-refractivity contribution in [2.45, 2.75) is 65.7 Å². The van der Waals surface area contributed by atoms with Crippen LogP contribution in [0.15, 0.2) is 0 Å². The number of rotatable bonds is 0. The molecular weight excluding hydrogens is 172 g/mol. The van der Waals surface area contributed by atoms with E-state index in [1.54, 1.807) is 0 Å². The van der Waals surface area contributed by atoms with Crippen molar-refractivity contribution < 1.29 is 0 Å². The van der Waals surface area contributed by atoms with Crippen LogP contribution < -0.4 is 0 Å². The second kappa shape index (κ2) is 3.49. The molecule has 0 radical (unpaired) electrons. The van der Waals surface area contributed by atoms with Crippen molar-refractivity contribution in [1.82, 2.24) is 9.80 Å². The molecule has 0 saturated carbocycles. The summed E-state index contributed by atoms with van der Waals surface area (Å²) in [7, 11) is 0. The largest absolute Gasteiger partial charge is 0.282 e. The van der Waals surface area contributed by atoms with E-state index < -0.39 is 0 Å². The highest BCUT2D eigenvalue weighted by Gasteiger charge is 2.39. The van der Waals surface area contributed by atoms with E-state index in [0.717, 1.165) is 0 Å². The molecule has 2 nitrogen and oxygen atoms in total. The van der Waals surface area contributed by atoms with Gasteiger partial charge in [0.05, 0.1) is 6.17 Å². The topological polar surface area (TPSA) is 6.48 Å². The number of nitrogens with zero attached hydrogens (tertiary/aromatic N) is 2. The normalized spacial score (nSPS) is 23.4. The van der Waals surface area contributed by atoms with E-state index >= 15 is 0 Å². The van der Waals surface area contributed by atoms with Crippen LogP contribution in [0.3, 0.4) is 0 Å². The maximum Gasteiger partial charge on any atom is 0.0603 e. The molecule has 0 bridgehead atoms. The van der Waals surface area contributed by atoms with Crippen LogP contribution in [0.25, 0.3) is 0 Å². The minimum atomic E-state index is 0.291. The highest BCUT2D eigenvalue weighted by molar-refractivity contribution is 4.92. The Balaban J connectivity index is 2.75. The molecule has 14 heavy (non-hydrogen) atoms. The van der Waals surface area contributed by atoms with Crippen LogP contribution in [0.5, 0.6) is 0 Å². The summed E-state index contributed by atoms with van der Waals surface area (Å²) in [5.74, 6) is 0. The van der Waals surface area contributed by atoms with Crippen LogP contribution in [0.1, 0.15) is 48.5 Å². The van der Waals surface area contributed by atoms with Gasteiger partial charge in [0, 0.05) is 24.2 Å². The molecule has 0 N–H and O–H groups in total. The molecular formula is C12H26N2. The van der Waals surface area contributed by atoms with Gasteiger partial charge in [0.25, 0.3) is 0 Å². The maximum absolute atomic E-state index is 2.58. The third-order valence-corrected chi connectivity index (χ3v) is 3.21. The Morgan fingerprint density at radius 2 is 1.07 bits per heavy atom. The third kappa shape index (κ3) is 2.29. The molecule has 0 aromatic heterocycles. The average Bonchev–Trinajstić information content (AvgIpc) is 2.26. The molecule has 0 unspecified atom stereocenters. The molecule has 1 aliphatic heterocycles. The number of hydrogen-bond donors (Lipinski definition) is 0. The smallest absolute Gasteiger partial charge is 0.0603 e. The van der Waals surface area contributed by atoms with Gasteiger partial charge in [-0.1, -0.05) is 0 Å². The van der Waals surface area contributed by atoms with Gasteiger partial charge < -0.3 is 0 Å². The lowest BCUT2D eigenvalue weighted by Gasteiger charge is -2.41. The lowest BCUT2D eigenvalue weighted by molar-refractivity contribution is 0.0305. The van der Waals surface area contributed by atoms with Gasteiger partial charge in [-0.2, -0.15) is 0 Å². The summed E-state index contributed by atoms with van der Waals surface area (Å²) in [5, 5.41) is 0. The summed E-state index contributed by atoms with van der Waals surface area (Å²) < 4.78 is 0. The molecule has 0 spiro atoms. The fourth-order valence-electron chi connectivity index (χ4n) is 2.55. The second-order valence-electron chi connectivity index (χ2n) is 6.36. The highest BCUT2D eigenvalue weighted by atomic mass is 15.4. The Kier molecular flexibility index (Phi) is 2.99. The van der Waals surface area contributed by atoms with Crippen LogP contribution in [0, 0.1) is 0 Å². The van der Waals surface area contributed by atoms with E-state index in [-0.39, 0.29) is 0 Å². The minimum Gasteiger partial charge on any atom is -0.282 e. The van der Waals surface area contributed by atoms with E-state index in [1.165, 1.54) is 13.1 Å². The summed E-state index contributed by atoms with van der Waals surface area (Å²) in [4.78, 5) is 5.16. The van der Waals surface area contributed by atoms with Gasteiger partial charge in [-0.25, -0.2) is 0 Å². The molecule has 84 valence electrons. The molecule has 0 atom stereocenters. The Bertz CT molecular complexity index is 175. The van der Waals surface area contributed by atoms with Crippen LogP contribution in [-0.2, 0) is 0 Å². The molecule has 2 heteroatoms. The van der Waals surface area contributed by atoms with Gasteiger partial charge in [-0.05, 0) is 48.5 Å². The van der Waals surface area contributed by atoms with E-state index in [4.69, 9.17) is 0 Å². The first-order valence-corrected chi connectivity index (χ1v) is 5.67. The van der Waals surface area contributed by atoms with Crippen LogP contribution >= 0.6 is 0 Å². The van der Waals surface area contributed by atoms with Gasteiger partial charge >= 0.3 is 0 Å². The zero-order valence-corrected chi connectivity index (χ0v) is 10.9. The zero-order valence-electron chi connectivity index (χ0n) is 10.9. The first kappa shape index (κ1) is 12.0. The molecule has 0 amide bonds. The fourth-order valence-corrected chi connectivity index (χ4v) is 2.55. The van der Waals surface area contributed by atoms with Crippen molar-refractivity contribution in [1.29, 1.82) is 0 Å². The Morgan fingerprint density at radius 3 is 1.21 bits per heavy atom. The highest BCUT2D eigenvalue weighted by Crippen LogP contribution is 2.29. The molecule has 0 aliphatic carbocycles. The fraction of sp³-hybridized carbons (Fsp3) is 1.00. The Labute approximate surface area is 89.3 Å². The zero-order chi connectivity index (χ0) is 11.1. The lowest BCUT2D eigenvalue weighted by Crippen LogP contribution is -2.51. The first-order valence-electron chi connectivity index (χ1n) is 5.67. The first-order chi connectivity index (χ1) is 6.14. The monoisotopic (exact) mass is 198 g/mol. The standard InChI is InChI=1S/C12H26N2/c1-10-13(11(2,3)4)8-9-14(10)12(5,6)7/h10H,8-9H2,1-7H3. The van der Waals surface area contributed by atoms with Crippen molar-refractivity contribution in [3.63, 3.8) is 0 Å². The Hall–Kier alpha value is -0.0800. The van der Waals surface area contributed by atoms with Crippen molar-refractivity contribution in [2.24, 2.45) is 0 Å². The second-order valence-corrected chi connectivity index (χ2v) is 6.36. The molecule has 0 aromatic rings. The van der Waals surface area contributed by atoms with E-state index in [1.807, 2.05) is 0 Å².